The first-order valence-electron chi connectivity index (χ1n) is 6.43. The minimum absolute atomic E-state index is 0.529. The van der Waals surface area contributed by atoms with Gasteiger partial charge in [0.2, 0.25) is 0 Å². The van der Waals surface area contributed by atoms with Crippen molar-refractivity contribution in [2.24, 2.45) is 0 Å². The molecule has 1 aliphatic heterocycles. The van der Waals surface area contributed by atoms with Crippen LogP contribution in [-0.2, 0) is 6.54 Å². The Morgan fingerprint density at radius 3 is 2.69 bits per heavy atom. The van der Waals surface area contributed by atoms with Gasteiger partial charge in [0.05, 0.1) is 0 Å². The fourth-order valence-electron chi connectivity index (χ4n) is 2.28. The van der Waals surface area contributed by atoms with Gasteiger partial charge in [-0.2, -0.15) is 0 Å². The Bertz CT molecular complexity index is 327. The molecule has 0 aromatic carbocycles. The predicted molar refractivity (Wildman–Crippen MR) is 67.5 cm³/mol. The van der Waals surface area contributed by atoms with E-state index in [0.717, 1.165) is 6.54 Å². The highest BCUT2D eigenvalue weighted by Crippen LogP contribution is 2.16. The molecule has 0 radical (unpaired) electrons. The van der Waals surface area contributed by atoms with E-state index in [4.69, 9.17) is 0 Å². The Balaban J connectivity index is 2.00. The lowest BCUT2D eigenvalue weighted by Crippen LogP contribution is -2.29. The molecule has 0 saturated carbocycles. The molecule has 2 rings (SSSR count). The Morgan fingerprint density at radius 2 is 2.00 bits per heavy atom. The van der Waals surface area contributed by atoms with Crippen LogP contribution in [0.5, 0.6) is 0 Å². The number of rotatable bonds is 3. The van der Waals surface area contributed by atoms with E-state index in [2.05, 4.69) is 35.9 Å². The van der Waals surface area contributed by atoms with Crippen LogP contribution in [0.25, 0.3) is 0 Å². The molecule has 1 aliphatic rings. The van der Waals surface area contributed by atoms with Crippen molar-refractivity contribution in [2.75, 3.05) is 13.1 Å². The molecule has 0 spiro atoms. The van der Waals surface area contributed by atoms with Crippen molar-refractivity contribution < 1.29 is 0 Å². The monoisotopic (exact) mass is 218 g/mol. The molecule has 1 fully saturated rings. The van der Waals surface area contributed by atoms with Crippen LogP contribution in [0.15, 0.2) is 18.3 Å². The summed E-state index contributed by atoms with van der Waals surface area (Å²) in [6.45, 7) is 8.03. The Labute approximate surface area is 98.7 Å². The van der Waals surface area contributed by atoms with Crippen LogP contribution in [0.2, 0.25) is 0 Å². The zero-order valence-electron chi connectivity index (χ0n) is 10.4. The maximum Gasteiger partial charge on any atom is 0.0432 e. The Kier molecular flexibility index (Phi) is 3.94. The van der Waals surface area contributed by atoms with E-state index in [1.807, 2.05) is 6.20 Å². The molecule has 1 saturated heterocycles. The minimum atomic E-state index is 0.529. The van der Waals surface area contributed by atoms with Gasteiger partial charge in [0.1, 0.15) is 0 Å². The molecule has 0 N–H and O–H groups in total. The molecule has 2 heteroatoms. The SMILES string of the molecule is CC(C)c1cc(CN2CCCCC2)ccn1. The van der Waals surface area contributed by atoms with Crippen LogP contribution >= 0.6 is 0 Å². The van der Waals surface area contributed by atoms with E-state index in [1.54, 1.807) is 0 Å². The molecule has 1 aromatic rings. The number of pyridine rings is 1. The van der Waals surface area contributed by atoms with Crippen LogP contribution < -0.4 is 0 Å². The second-order valence-corrected chi connectivity index (χ2v) is 5.08. The summed E-state index contributed by atoms with van der Waals surface area (Å²) in [5.41, 5.74) is 2.63. The fraction of sp³-hybridized carbons (Fsp3) is 0.643. The zero-order valence-corrected chi connectivity index (χ0v) is 10.4. The first-order chi connectivity index (χ1) is 7.75. The van der Waals surface area contributed by atoms with Gasteiger partial charge in [-0.3, -0.25) is 9.88 Å². The van der Waals surface area contributed by atoms with Gasteiger partial charge in [-0.05, 0) is 49.5 Å². The van der Waals surface area contributed by atoms with E-state index in [-0.39, 0.29) is 0 Å². The summed E-state index contributed by atoms with van der Waals surface area (Å²) < 4.78 is 0. The van der Waals surface area contributed by atoms with E-state index >= 15 is 0 Å². The summed E-state index contributed by atoms with van der Waals surface area (Å²) >= 11 is 0. The van der Waals surface area contributed by atoms with E-state index in [0.29, 0.717) is 5.92 Å². The van der Waals surface area contributed by atoms with Gasteiger partial charge in [-0.1, -0.05) is 20.3 Å². The number of hydrogen-bond acceptors (Lipinski definition) is 2. The minimum Gasteiger partial charge on any atom is -0.299 e. The predicted octanol–water partition coefficient (Wildman–Crippen LogP) is 3.19. The van der Waals surface area contributed by atoms with Gasteiger partial charge in [0.25, 0.3) is 0 Å². The molecule has 2 nitrogen and oxygen atoms in total. The molecule has 0 aliphatic carbocycles. The van der Waals surface area contributed by atoms with Crippen molar-refractivity contribution in [1.82, 2.24) is 9.88 Å². The molecule has 0 unspecified atom stereocenters. The number of likely N-dealkylation sites (tertiary alicyclic amines) is 1. The Morgan fingerprint density at radius 1 is 1.25 bits per heavy atom. The Hall–Kier alpha value is -0.890. The van der Waals surface area contributed by atoms with Crippen molar-refractivity contribution >= 4 is 0 Å². The number of aromatic nitrogens is 1. The molecule has 1 aromatic heterocycles. The largest absolute Gasteiger partial charge is 0.299 e. The van der Waals surface area contributed by atoms with Gasteiger partial charge in [-0.15, -0.1) is 0 Å². The molecular weight excluding hydrogens is 196 g/mol. The highest BCUT2D eigenvalue weighted by molar-refractivity contribution is 5.18. The van der Waals surface area contributed by atoms with Crippen molar-refractivity contribution in [1.29, 1.82) is 0 Å². The zero-order chi connectivity index (χ0) is 11.4. The van der Waals surface area contributed by atoms with Gasteiger partial charge < -0.3 is 0 Å². The second kappa shape index (κ2) is 5.44. The van der Waals surface area contributed by atoms with Crippen LogP contribution in [0.3, 0.4) is 0 Å². The topological polar surface area (TPSA) is 16.1 Å². The highest BCUT2D eigenvalue weighted by atomic mass is 15.1. The standard InChI is InChI=1S/C14H22N2/c1-12(2)14-10-13(6-7-15-14)11-16-8-4-3-5-9-16/h6-7,10,12H,3-5,8-9,11H2,1-2H3. The molecule has 0 bridgehead atoms. The van der Waals surface area contributed by atoms with Gasteiger partial charge in [0, 0.05) is 18.4 Å². The molecule has 0 amide bonds. The summed E-state index contributed by atoms with van der Waals surface area (Å²) in [5.74, 6) is 0.529. The first-order valence-corrected chi connectivity index (χ1v) is 6.43. The molecule has 88 valence electrons. The average molecular weight is 218 g/mol. The van der Waals surface area contributed by atoms with Crippen LogP contribution in [0.1, 0.15) is 50.3 Å². The maximum absolute atomic E-state index is 4.41. The van der Waals surface area contributed by atoms with Gasteiger partial charge >= 0.3 is 0 Å². The molecule has 16 heavy (non-hydrogen) atoms. The third kappa shape index (κ3) is 3.05. The normalized spacial score (nSPS) is 17.9. The second-order valence-electron chi connectivity index (χ2n) is 5.08. The van der Waals surface area contributed by atoms with Gasteiger partial charge in [-0.25, -0.2) is 0 Å². The van der Waals surface area contributed by atoms with E-state index in [1.165, 1.54) is 43.6 Å². The van der Waals surface area contributed by atoms with Crippen LogP contribution in [-0.4, -0.2) is 23.0 Å². The van der Waals surface area contributed by atoms with Crippen molar-refractivity contribution in [3.05, 3.63) is 29.6 Å². The molecule has 0 atom stereocenters. The lowest BCUT2D eigenvalue weighted by atomic mass is 10.1. The summed E-state index contributed by atoms with van der Waals surface area (Å²) in [4.78, 5) is 6.97. The number of nitrogens with zero attached hydrogens (tertiary/aromatic N) is 2. The maximum atomic E-state index is 4.41. The fourth-order valence-corrected chi connectivity index (χ4v) is 2.28. The van der Waals surface area contributed by atoms with Crippen LogP contribution in [0.4, 0.5) is 0 Å². The van der Waals surface area contributed by atoms with E-state index in [9.17, 15) is 0 Å². The summed E-state index contributed by atoms with van der Waals surface area (Å²) in [6.07, 6.45) is 6.09. The quantitative estimate of drug-likeness (QED) is 0.774. The third-order valence-electron chi connectivity index (χ3n) is 3.29. The summed E-state index contributed by atoms with van der Waals surface area (Å²) in [6, 6.07) is 4.42. The smallest absolute Gasteiger partial charge is 0.0432 e. The third-order valence-corrected chi connectivity index (χ3v) is 3.29. The lowest BCUT2D eigenvalue weighted by molar-refractivity contribution is 0.221. The molecule has 2 heterocycles. The van der Waals surface area contributed by atoms with Crippen LogP contribution in [0, 0.1) is 0 Å². The number of hydrogen-bond donors (Lipinski definition) is 0. The average Bonchev–Trinajstić information content (AvgIpc) is 2.30. The first kappa shape index (κ1) is 11.6. The van der Waals surface area contributed by atoms with Crippen molar-refractivity contribution in [2.45, 2.75) is 45.6 Å². The van der Waals surface area contributed by atoms with Crippen molar-refractivity contribution in [3.8, 4) is 0 Å². The summed E-state index contributed by atoms with van der Waals surface area (Å²) in [7, 11) is 0. The van der Waals surface area contributed by atoms with Crippen molar-refractivity contribution in [3.63, 3.8) is 0 Å². The highest BCUT2D eigenvalue weighted by Gasteiger charge is 2.11. The summed E-state index contributed by atoms with van der Waals surface area (Å²) in [5, 5.41) is 0. The van der Waals surface area contributed by atoms with Gasteiger partial charge in [0.15, 0.2) is 0 Å². The molecular formula is C14H22N2. The van der Waals surface area contributed by atoms with E-state index < -0.39 is 0 Å². The number of piperidine rings is 1. The lowest BCUT2D eigenvalue weighted by Gasteiger charge is -2.26.